The fourth-order valence-electron chi connectivity index (χ4n) is 3.15. The third-order valence-electron chi connectivity index (χ3n) is 4.57. The van der Waals surface area contributed by atoms with Gasteiger partial charge in [-0.2, -0.15) is 0 Å². The average Bonchev–Trinajstić information content (AvgIpc) is 2.64. The highest BCUT2D eigenvalue weighted by atomic mass is 16.4. The van der Waals surface area contributed by atoms with Gasteiger partial charge >= 0.3 is 5.97 Å². The maximum Gasteiger partial charge on any atom is 0.305 e. The van der Waals surface area contributed by atoms with Crippen LogP contribution in [0.1, 0.15) is 40.4 Å². The van der Waals surface area contributed by atoms with Gasteiger partial charge in [-0.1, -0.05) is 30.3 Å². The summed E-state index contributed by atoms with van der Waals surface area (Å²) in [5, 5.41) is 12.0. The lowest BCUT2D eigenvalue weighted by molar-refractivity contribution is -0.137. The summed E-state index contributed by atoms with van der Waals surface area (Å²) >= 11 is 0. The first kappa shape index (κ1) is 17.7. The van der Waals surface area contributed by atoms with E-state index in [-0.39, 0.29) is 18.2 Å². The monoisotopic (exact) mass is 352 g/mol. The molecule has 1 aliphatic rings. The Hall–Kier alpha value is -3.15. The van der Waals surface area contributed by atoms with E-state index in [2.05, 4.69) is 5.32 Å². The number of benzene rings is 2. The Kier molecular flexibility index (Phi) is 5.02. The van der Waals surface area contributed by atoms with E-state index < -0.39 is 12.0 Å². The Morgan fingerprint density at radius 2 is 1.88 bits per heavy atom. The molecule has 0 saturated carbocycles. The molecule has 3 rings (SSSR count). The standard InChI is InChI=1S/C20H20N2O4/c1-22-17-9-7-15(11-14(17)8-10-18(22)23)20(26)21-16(12-19(24)25)13-5-3-2-4-6-13/h2-7,9,11,16H,8,10,12H2,1H3,(H,21,26)(H,24,25). The van der Waals surface area contributed by atoms with Crippen molar-refractivity contribution in [2.75, 3.05) is 11.9 Å². The number of hydrogen-bond acceptors (Lipinski definition) is 3. The van der Waals surface area contributed by atoms with E-state index in [0.717, 1.165) is 16.8 Å². The molecule has 6 nitrogen and oxygen atoms in total. The highest BCUT2D eigenvalue weighted by Crippen LogP contribution is 2.28. The van der Waals surface area contributed by atoms with Crippen LogP contribution >= 0.6 is 0 Å². The third-order valence-corrected chi connectivity index (χ3v) is 4.57. The zero-order chi connectivity index (χ0) is 18.7. The number of anilines is 1. The predicted octanol–water partition coefficient (Wildman–Crippen LogP) is 2.54. The van der Waals surface area contributed by atoms with Gasteiger partial charge < -0.3 is 15.3 Å². The first-order chi connectivity index (χ1) is 12.5. The van der Waals surface area contributed by atoms with Crippen molar-refractivity contribution in [1.29, 1.82) is 0 Å². The van der Waals surface area contributed by atoms with Crippen molar-refractivity contribution in [1.82, 2.24) is 5.32 Å². The summed E-state index contributed by atoms with van der Waals surface area (Å²) < 4.78 is 0. The Bertz CT molecular complexity index is 848. The Labute approximate surface area is 151 Å². The molecule has 1 atom stereocenters. The van der Waals surface area contributed by atoms with Crippen LogP contribution in [0.25, 0.3) is 0 Å². The van der Waals surface area contributed by atoms with E-state index in [1.54, 1.807) is 42.3 Å². The Balaban J connectivity index is 1.82. The molecule has 2 N–H and O–H groups in total. The van der Waals surface area contributed by atoms with Gasteiger partial charge in [0.25, 0.3) is 5.91 Å². The van der Waals surface area contributed by atoms with Crippen LogP contribution in [-0.2, 0) is 16.0 Å². The van der Waals surface area contributed by atoms with Crippen LogP contribution in [-0.4, -0.2) is 29.9 Å². The summed E-state index contributed by atoms with van der Waals surface area (Å²) in [7, 11) is 1.72. The SMILES string of the molecule is CN1C(=O)CCc2cc(C(=O)NC(CC(=O)O)c3ccccc3)ccc21. The summed E-state index contributed by atoms with van der Waals surface area (Å²) in [6, 6.07) is 13.6. The number of fused-ring (bicyclic) bond motifs is 1. The maximum absolute atomic E-state index is 12.7. The molecule has 2 aromatic carbocycles. The van der Waals surface area contributed by atoms with Crippen molar-refractivity contribution in [2.24, 2.45) is 0 Å². The van der Waals surface area contributed by atoms with E-state index in [1.807, 2.05) is 18.2 Å². The minimum atomic E-state index is -0.982. The number of carboxylic acid groups (broad SMARTS) is 1. The molecular weight excluding hydrogens is 332 g/mol. The number of aliphatic carboxylic acids is 1. The molecule has 1 heterocycles. The summed E-state index contributed by atoms with van der Waals surface area (Å²) in [5.74, 6) is -1.26. The minimum absolute atomic E-state index is 0.0558. The Morgan fingerprint density at radius 3 is 2.58 bits per heavy atom. The largest absolute Gasteiger partial charge is 0.481 e. The smallest absolute Gasteiger partial charge is 0.305 e. The van der Waals surface area contributed by atoms with Crippen molar-refractivity contribution in [3.8, 4) is 0 Å². The van der Waals surface area contributed by atoms with Gasteiger partial charge in [0, 0.05) is 24.7 Å². The van der Waals surface area contributed by atoms with Crippen LogP contribution in [0.15, 0.2) is 48.5 Å². The summed E-state index contributed by atoms with van der Waals surface area (Å²) in [6.45, 7) is 0. The molecule has 0 aliphatic carbocycles. The molecule has 0 aromatic heterocycles. The third kappa shape index (κ3) is 3.74. The van der Waals surface area contributed by atoms with Gasteiger partial charge in [0.05, 0.1) is 12.5 Å². The van der Waals surface area contributed by atoms with Crippen molar-refractivity contribution >= 4 is 23.5 Å². The molecule has 1 aliphatic heterocycles. The lowest BCUT2D eigenvalue weighted by atomic mass is 9.98. The second-order valence-corrected chi connectivity index (χ2v) is 6.33. The number of aryl methyl sites for hydroxylation is 1. The molecule has 134 valence electrons. The molecule has 0 saturated heterocycles. The van der Waals surface area contributed by atoms with Crippen LogP contribution in [0.4, 0.5) is 5.69 Å². The van der Waals surface area contributed by atoms with Crippen molar-refractivity contribution in [3.05, 3.63) is 65.2 Å². The highest BCUT2D eigenvalue weighted by molar-refractivity contribution is 5.99. The molecular formula is C20H20N2O4. The lowest BCUT2D eigenvalue weighted by Crippen LogP contribution is -2.32. The molecule has 0 bridgehead atoms. The van der Waals surface area contributed by atoms with Crippen LogP contribution < -0.4 is 10.2 Å². The molecule has 2 amide bonds. The second kappa shape index (κ2) is 7.39. The van der Waals surface area contributed by atoms with Crippen molar-refractivity contribution in [2.45, 2.75) is 25.3 Å². The van der Waals surface area contributed by atoms with Crippen molar-refractivity contribution < 1.29 is 19.5 Å². The molecule has 1 unspecified atom stereocenters. The quantitative estimate of drug-likeness (QED) is 0.866. The van der Waals surface area contributed by atoms with Crippen LogP contribution in [0.3, 0.4) is 0 Å². The first-order valence-corrected chi connectivity index (χ1v) is 8.43. The number of carboxylic acids is 1. The van der Waals surface area contributed by atoms with E-state index in [1.165, 1.54) is 0 Å². The fourth-order valence-corrected chi connectivity index (χ4v) is 3.15. The van der Waals surface area contributed by atoms with Gasteiger partial charge in [-0.3, -0.25) is 14.4 Å². The predicted molar refractivity (Wildman–Crippen MR) is 97.1 cm³/mol. The van der Waals surface area contributed by atoms with Gasteiger partial charge in [0.2, 0.25) is 5.91 Å². The van der Waals surface area contributed by atoms with E-state index in [4.69, 9.17) is 5.11 Å². The zero-order valence-electron chi connectivity index (χ0n) is 14.4. The number of amides is 2. The van der Waals surface area contributed by atoms with Gasteiger partial charge in [-0.25, -0.2) is 0 Å². The number of rotatable bonds is 5. The number of carbonyl (C=O) groups is 3. The number of carbonyl (C=O) groups excluding carboxylic acids is 2. The van der Waals surface area contributed by atoms with Gasteiger partial charge in [-0.15, -0.1) is 0 Å². The topological polar surface area (TPSA) is 86.7 Å². The van der Waals surface area contributed by atoms with Crippen LogP contribution in [0.5, 0.6) is 0 Å². The first-order valence-electron chi connectivity index (χ1n) is 8.43. The number of hydrogen-bond donors (Lipinski definition) is 2. The van der Waals surface area contributed by atoms with Crippen LogP contribution in [0.2, 0.25) is 0 Å². The molecule has 6 heteroatoms. The highest BCUT2D eigenvalue weighted by Gasteiger charge is 2.23. The minimum Gasteiger partial charge on any atom is -0.481 e. The van der Waals surface area contributed by atoms with Gasteiger partial charge in [0.1, 0.15) is 0 Å². The second-order valence-electron chi connectivity index (χ2n) is 6.33. The summed E-state index contributed by atoms with van der Waals surface area (Å²) in [5.41, 5.74) is 2.95. The maximum atomic E-state index is 12.7. The van der Waals surface area contributed by atoms with E-state index in [9.17, 15) is 14.4 Å². The van der Waals surface area contributed by atoms with Gasteiger partial charge in [0.15, 0.2) is 0 Å². The molecule has 0 radical (unpaired) electrons. The average molecular weight is 352 g/mol. The molecule has 26 heavy (non-hydrogen) atoms. The molecule has 0 fully saturated rings. The number of nitrogens with one attached hydrogen (secondary N) is 1. The Morgan fingerprint density at radius 1 is 1.15 bits per heavy atom. The lowest BCUT2D eigenvalue weighted by Gasteiger charge is -2.26. The van der Waals surface area contributed by atoms with E-state index in [0.29, 0.717) is 18.4 Å². The summed E-state index contributed by atoms with van der Waals surface area (Å²) in [4.78, 5) is 37.2. The van der Waals surface area contributed by atoms with Crippen LogP contribution in [0, 0.1) is 0 Å². The normalized spacial score (nSPS) is 14.5. The van der Waals surface area contributed by atoms with Gasteiger partial charge in [-0.05, 0) is 35.7 Å². The molecule has 0 spiro atoms. The summed E-state index contributed by atoms with van der Waals surface area (Å²) in [6.07, 6.45) is 0.815. The molecule has 2 aromatic rings. The van der Waals surface area contributed by atoms with E-state index >= 15 is 0 Å². The van der Waals surface area contributed by atoms with Crippen molar-refractivity contribution in [3.63, 3.8) is 0 Å². The zero-order valence-corrected chi connectivity index (χ0v) is 14.4. The fraction of sp³-hybridized carbons (Fsp3) is 0.250. The number of nitrogens with zero attached hydrogens (tertiary/aromatic N) is 1.